The normalized spacial score (nSPS) is 10.2. The van der Waals surface area contributed by atoms with Gasteiger partial charge in [0.1, 0.15) is 12.3 Å². The van der Waals surface area contributed by atoms with Crippen molar-refractivity contribution in [3.63, 3.8) is 0 Å². The molecule has 0 fully saturated rings. The van der Waals surface area contributed by atoms with Crippen LogP contribution in [0.3, 0.4) is 0 Å². The molecule has 0 saturated carbocycles. The van der Waals surface area contributed by atoms with Crippen molar-refractivity contribution in [1.29, 1.82) is 0 Å². The summed E-state index contributed by atoms with van der Waals surface area (Å²) in [5.41, 5.74) is 0.508. The Morgan fingerprint density at radius 2 is 1.80 bits per heavy atom. The standard InChI is InChI=1S/C15H21NO4/c1-11(2)10-20-13-7-5-12(6-8-13)15(18)16(3)9-14(17)19-4/h5-8,11H,9-10H2,1-4H3. The molecule has 110 valence electrons. The van der Waals surface area contributed by atoms with Gasteiger partial charge in [0.05, 0.1) is 13.7 Å². The molecular weight excluding hydrogens is 258 g/mol. The Morgan fingerprint density at radius 3 is 2.30 bits per heavy atom. The maximum Gasteiger partial charge on any atom is 0.325 e. The number of hydrogen-bond acceptors (Lipinski definition) is 4. The number of nitrogens with zero attached hydrogens (tertiary/aromatic N) is 1. The first kappa shape index (κ1) is 16.0. The lowest BCUT2D eigenvalue weighted by Gasteiger charge is -2.16. The lowest BCUT2D eigenvalue weighted by Crippen LogP contribution is -2.32. The van der Waals surface area contributed by atoms with E-state index >= 15 is 0 Å². The zero-order valence-corrected chi connectivity index (χ0v) is 12.4. The molecule has 1 rings (SSSR count). The van der Waals surface area contributed by atoms with Gasteiger partial charge < -0.3 is 14.4 Å². The van der Waals surface area contributed by atoms with Crippen molar-refractivity contribution in [3.05, 3.63) is 29.8 Å². The molecular formula is C15H21NO4. The molecule has 0 bridgehead atoms. The van der Waals surface area contributed by atoms with Crippen molar-refractivity contribution in [2.24, 2.45) is 5.92 Å². The van der Waals surface area contributed by atoms with Crippen molar-refractivity contribution in [2.75, 3.05) is 27.3 Å². The minimum absolute atomic E-state index is 0.0685. The third-order valence-electron chi connectivity index (χ3n) is 2.63. The summed E-state index contributed by atoms with van der Waals surface area (Å²) >= 11 is 0. The van der Waals surface area contributed by atoms with Gasteiger partial charge in [-0.05, 0) is 30.2 Å². The Morgan fingerprint density at radius 1 is 1.20 bits per heavy atom. The van der Waals surface area contributed by atoms with Gasteiger partial charge in [-0.15, -0.1) is 0 Å². The Labute approximate surface area is 119 Å². The monoisotopic (exact) mass is 279 g/mol. The summed E-state index contributed by atoms with van der Waals surface area (Å²) in [5.74, 6) is 0.497. The summed E-state index contributed by atoms with van der Waals surface area (Å²) in [7, 11) is 2.85. The second kappa shape index (κ2) is 7.53. The minimum atomic E-state index is -0.447. The van der Waals surface area contributed by atoms with Crippen molar-refractivity contribution in [3.8, 4) is 5.75 Å². The van der Waals surface area contributed by atoms with Gasteiger partial charge in [-0.3, -0.25) is 9.59 Å². The summed E-state index contributed by atoms with van der Waals surface area (Å²) in [6.07, 6.45) is 0. The van der Waals surface area contributed by atoms with Gasteiger partial charge in [-0.1, -0.05) is 13.8 Å². The Kier molecular flexibility index (Phi) is 6.03. The van der Waals surface area contributed by atoms with Gasteiger partial charge in [0.25, 0.3) is 5.91 Å². The number of benzene rings is 1. The fraction of sp³-hybridized carbons (Fsp3) is 0.467. The summed E-state index contributed by atoms with van der Waals surface area (Å²) < 4.78 is 10.1. The summed E-state index contributed by atoms with van der Waals surface area (Å²) in [5, 5.41) is 0. The molecule has 5 heteroatoms. The van der Waals surface area contributed by atoms with E-state index in [4.69, 9.17) is 4.74 Å². The summed E-state index contributed by atoms with van der Waals surface area (Å²) in [6, 6.07) is 6.88. The Hall–Kier alpha value is -2.04. The van der Waals surface area contributed by atoms with Gasteiger partial charge in [-0.2, -0.15) is 0 Å². The van der Waals surface area contributed by atoms with Gasteiger partial charge in [0.15, 0.2) is 0 Å². The van der Waals surface area contributed by atoms with E-state index in [2.05, 4.69) is 18.6 Å². The van der Waals surface area contributed by atoms with Gasteiger partial charge >= 0.3 is 5.97 Å². The summed E-state index contributed by atoms with van der Waals surface area (Å²) in [4.78, 5) is 24.5. The van der Waals surface area contributed by atoms with Crippen molar-refractivity contribution in [2.45, 2.75) is 13.8 Å². The van der Waals surface area contributed by atoms with Crippen LogP contribution in [0.4, 0.5) is 0 Å². The van der Waals surface area contributed by atoms with E-state index in [0.717, 1.165) is 5.75 Å². The van der Waals surface area contributed by atoms with Crippen molar-refractivity contribution < 1.29 is 19.1 Å². The van der Waals surface area contributed by atoms with Crippen LogP contribution in [0.15, 0.2) is 24.3 Å². The first-order valence-electron chi connectivity index (χ1n) is 6.49. The number of carbonyl (C=O) groups excluding carboxylic acids is 2. The zero-order valence-electron chi connectivity index (χ0n) is 12.4. The van der Waals surface area contributed by atoms with Crippen LogP contribution in [-0.2, 0) is 9.53 Å². The molecule has 1 aromatic carbocycles. The maximum absolute atomic E-state index is 12.1. The van der Waals surface area contributed by atoms with E-state index < -0.39 is 5.97 Å². The van der Waals surface area contributed by atoms with E-state index in [1.807, 2.05) is 0 Å². The molecule has 0 aliphatic rings. The molecule has 0 spiro atoms. The number of ether oxygens (including phenoxy) is 2. The van der Waals surface area contributed by atoms with Crippen LogP contribution in [0.5, 0.6) is 5.75 Å². The lowest BCUT2D eigenvalue weighted by atomic mass is 10.2. The molecule has 20 heavy (non-hydrogen) atoms. The van der Waals surface area contributed by atoms with Crippen LogP contribution >= 0.6 is 0 Å². The minimum Gasteiger partial charge on any atom is -0.493 e. The first-order chi connectivity index (χ1) is 9.43. The van der Waals surface area contributed by atoms with Crippen LogP contribution in [0.25, 0.3) is 0 Å². The van der Waals surface area contributed by atoms with E-state index in [1.165, 1.54) is 12.0 Å². The molecule has 0 saturated heterocycles. The average Bonchev–Trinajstić information content (AvgIpc) is 2.44. The number of likely N-dealkylation sites (N-methyl/N-ethyl adjacent to an activating group) is 1. The quantitative estimate of drug-likeness (QED) is 0.747. The van der Waals surface area contributed by atoms with Gasteiger partial charge in [0.2, 0.25) is 0 Å². The molecule has 1 amide bonds. The lowest BCUT2D eigenvalue weighted by molar-refractivity contribution is -0.141. The highest BCUT2D eigenvalue weighted by molar-refractivity contribution is 5.95. The van der Waals surface area contributed by atoms with E-state index in [0.29, 0.717) is 18.1 Å². The second-order valence-corrected chi connectivity index (χ2v) is 4.97. The molecule has 5 nitrogen and oxygen atoms in total. The van der Waals surface area contributed by atoms with Crippen LogP contribution < -0.4 is 4.74 Å². The van der Waals surface area contributed by atoms with Crippen LogP contribution in [-0.4, -0.2) is 44.1 Å². The van der Waals surface area contributed by atoms with Crippen LogP contribution in [0, 0.1) is 5.92 Å². The number of carbonyl (C=O) groups is 2. The van der Waals surface area contributed by atoms with E-state index in [-0.39, 0.29) is 12.5 Å². The highest BCUT2D eigenvalue weighted by Gasteiger charge is 2.15. The number of methoxy groups -OCH3 is 1. The van der Waals surface area contributed by atoms with Crippen LogP contribution in [0.2, 0.25) is 0 Å². The number of amides is 1. The number of esters is 1. The third kappa shape index (κ3) is 4.91. The molecule has 0 N–H and O–H groups in total. The molecule has 0 aromatic heterocycles. The molecule has 0 aliphatic heterocycles. The largest absolute Gasteiger partial charge is 0.493 e. The average molecular weight is 279 g/mol. The smallest absolute Gasteiger partial charge is 0.325 e. The molecule has 0 radical (unpaired) electrons. The Balaban J connectivity index is 2.63. The highest BCUT2D eigenvalue weighted by Crippen LogP contribution is 2.14. The van der Waals surface area contributed by atoms with E-state index in [9.17, 15) is 9.59 Å². The fourth-order valence-corrected chi connectivity index (χ4v) is 1.51. The Bertz CT molecular complexity index is 453. The summed E-state index contributed by atoms with van der Waals surface area (Å²) in [6.45, 7) is 4.70. The van der Waals surface area contributed by atoms with E-state index in [1.54, 1.807) is 31.3 Å². The fourth-order valence-electron chi connectivity index (χ4n) is 1.51. The zero-order chi connectivity index (χ0) is 15.1. The molecule has 0 aliphatic carbocycles. The molecule has 1 aromatic rings. The maximum atomic E-state index is 12.1. The highest BCUT2D eigenvalue weighted by atomic mass is 16.5. The molecule has 0 unspecified atom stereocenters. The van der Waals surface area contributed by atoms with Crippen molar-refractivity contribution >= 4 is 11.9 Å². The van der Waals surface area contributed by atoms with Gasteiger partial charge in [0, 0.05) is 12.6 Å². The number of hydrogen-bond donors (Lipinski definition) is 0. The predicted octanol–water partition coefficient (Wildman–Crippen LogP) is 1.97. The SMILES string of the molecule is COC(=O)CN(C)C(=O)c1ccc(OCC(C)C)cc1. The number of rotatable bonds is 6. The second-order valence-electron chi connectivity index (χ2n) is 4.97. The topological polar surface area (TPSA) is 55.8 Å². The third-order valence-corrected chi connectivity index (χ3v) is 2.63. The molecule has 0 heterocycles. The predicted molar refractivity (Wildman–Crippen MR) is 75.8 cm³/mol. The molecule has 0 atom stereocenters. The van der Waals surface area contributed by atoms with Crippen LogP contribution in [0.1, 0.15) is 24.2 Å². The van der Waals surface area contributed by atoms with Gasteiger partial charge in [-0.25, -0.2) is 0 Å². The first-order valence-corrected chi connectivity index (χ1v) is 6.49. The van der Waals surface area contributed by atoms with Crippen molar-refractivity contribution in [1.82, 2.24) is 4.90 Å².